The van der Waals surface area contributed by atoms with Crippen LogP contribution in [0.3, 0.4) is 0 Å². The fourth-order valence-electron chi connectivity index (χ4n) is 4.97. The molecular weight excluding hydrogens is 618 g/mol. The van der Waals surface area contributed by atoms with Gasteiger partial charge in [0, 0.05) is 17.7 Å². The third-order valence-electron chi connectivity index (χ3n) is 7.23. The van der Waals surface area contributed by atoms with Crippen molar-refractivity contribution in [1.29, 1.82) is 5.26 Å². The highest BCUT2D eigenvalue weighted by Crippen LogP contribution is 2.30. The molecule has 1 amide bonds. The van der Waals surface area contributed by atoms with Crippen LogP contribution in [-0.2, 0) is 14.6 Å². The number of nitrogens with one attached hydrogen (secondary N) is 1. The Kier molecular flexibility index (Phi) is 11.2. The van der Waals surface area contributed by atoms with Gasteiger partial charge in [-0.25, -0.2) is 8.42 Å². The smallest absolute Gasteiger partial charge is 0.387 e. The minimum atomic E-state index is -3.40. The molecule has 1 N–H and O–H groups in total. The Hall–Kier alpha value is -4.35. The lowest BCUT2D eigenvalue weighted by Crippen LogP contribution is -2.34. The van der Waals surface area contributed by atoms with Crippen LogP contribution in [0.25, 0.3) is 0 Å². The summed E-state index contributed by atoms with van der Waals surface area (Å²) in [6.45, 7) is -4.37. The van der Waals surface area contributed by atoms with E-state index in [9.17, 15) is 36.0 Å². The van der Waals surface area contributed by atoms with Crippen LogP contribution in [0.1, 0.15) is 41.7 Å². The maximum Gasteiger partial charge on any atom is 0.387 e. The van der Waals surface area contributed by atoms with Crippen LogP contribution in [-0.4, -0.2) is 58.6 Å². The van der Waals surface area contributed by atoms with Crippen LogP contribution in [0.2, 0.25) is 0 Å². The van der Waals surface area contributed by atoms with E-state index in [4.69, 9.17) is 4.74 Å². The predicted molar refractivity (Wildman–Crippen MR) is 156 cm³/mol. The second-order valence-electron chi connectivity index (χ2n) is 10.1. The number of nitrogens with zero attached hydrogens (tertiary/aromatic N) is 2. The first-order valence-electron chi connectivity index (χ1n) is 14.0. The van der Waals surface area contributed by atoms with E-state index in [1.807, 2.05) is 11.0 Å². The third kappa shape index (κ3) is 9.09. The average Bonchev–Trinajstić information content (AvgIpc) is 3.43. The van der Waals surface area contributed by atoms with Crippen molar-refractivity contribution in [2.45, 2.75) is 56.1 Å². The summed E-state index contributed by atoms with van der Waals surface area (Å²) in [6, 6.07) is 18.9. The van der Waals surface area contributed by atoms with Gasteiger partial charge in [-0.05, 0) is 66.2 Å². The number of anilines is 1. The molecule has 1 aliphatic heterocycles. The molecule has 0 spiro atoms. The number of carbonyl (C=O) groups excluding carboxylic acids is 1. The number of hydrogen-bond donors (Lipinski definition) is 1. The normalized spacial score (nSPS) is 17.2. The van der Waals surface area contributed by atoms with Crippen LogP contribution in [0.4, 0.5) is 23.2 Å². The summed E-state index contributed by atoms with van der Waals surface area (Å²) in [6.07, 6.45) is -0.156. The Morgan fingerprint density at radius 2 is 1.62 bits per heavy atom. The zero-order valence-electron chi connectivity index (χ0n) is 24.1. The Morgan fingerprint density at radius 1 is 0.978 bits per heavy atom. The van der Waals surface area contributed by atoms with E-state index in [1.165, 1.54) is 36.4 Å². The van der Waals surface area contributed by atoms with Gasteiger partial charge in [-0.3, -0.25) is 4.79 Å². The van der Waals surface area contributed by atoms with E-state index in [0.717, 1.165) is 0 Å². The molecule has 3 atom stereocenters. The van der Waals surface area contributed by atoms with Gasteiger partial charge in [0.05, 0.1) is 48.4 Å². The van der Waals surface area contributed by atoms with Crippen molar-refractivity contribution in [3.63, 3.8) is 0 Å². The maximum atomic E-state index is 13.1. The van der Waals surface area contributed by atoms with Gasteiger partial charge >= 0.3 is 13.2 Å². The molecule has 1 saturated heterocycles. The van der Waals surface area contributed by atoms with E-state index in [1.54, 1.807) is 43.3 Å². The molecule has 0 bridgehead atoms. The Balaban J connectivity index is 1.44. The van der Waals surface area contributed by atoms with Crippen LogP contribution in [0, 0.1) is 11.3 Å². The van der Waals surface area contributed by atoms with Gasteiger partial charge < -0.3 is 24.4 Å². The van der Waals surface area contributed by atoms with Crippen molar-refractivity contribution in [2.24, 2.45) is 0 Å². The summed E-state index contributed by atoms with van der Waals surface area (Å²) in [5.74, 6) is -0.165. The summed E-state index contributed by atoms with van der Waals surface area (Å²) >= 11 is 0. The van der Waals surface area contributed by atoms with Gasteiger partial charge in [0.1, 0.15) is 17.6 Å². The lowest BCUT2D eigenvalue weighted by Gasteiger charge is -2.26. The average molecular weight is 650 g/mol. The third-order valence-corrected chi connectivity index (χ3v) is 8.98. The van der Waals surface area contributed by atoms with Crippen LogP contribution >= 0.6 is 0 Å². The summed E-state index contributed by atoms with van der Waals surface area (Å²) in [5, 5.41) is 12.1. The Bertz CT molecular complexity index is 1570. The van der Waals surface area contributed by atoms with Crippen LogP contribution in [0.5, 0.6) is 11.5 Å². The number of hydrogen-bond acceptors (Lipinski definition) is 8. The number of sulfone groups is 1. The van der Waals surface area contributed by atoms with Crippen molar-refractivity contribution in [3.05, 3.63) is 83.9 Å². The predicted octanol–water partition coefficient (Wildman–Crippen LogP) is 5.73. The SMILES string of the molecule is CCS(=O)(=O)c1ccc([C@@H](CC#N)NC(=O)c2ccc(N3C[C@@H](Oc4ccc(OC(F)F)cc4)C[C@H]3COC(F)F)cc2)cc1. The Morgan fingerprint density at radius 3 is 2.20 bits per heavy atom. The van der Waals surface area contributed by atoms with Crippen molar-refractivity contribution in [3.8, 4) is 17.6 Å². The highest BCUT2D eigenvalue weighted by atomic mass is 32.2. The van der Waals surface area contributed by atoms with Gasteiger partial charge in [-0.15, -0.1) is 0 Å². The standard InChI is InChI=1S/C31H31F4N3O6S/c1-2-45(40,41)27-13-5-20(6-14-27)28(15-16-36)37-29(39)21-3-7-22(8-4-21)38-18-26(17-23(38)19-42-30(32)33)43-24-9-11-25(12-10-24)44-31(34)35/h3-14,23,26,28,30-31H,2,15,17-19H2,1H3,(H,37,39)/t23-,26-,28+/m0/s1. The number of benzene rings is 3. The minimum Gasteiger partial charge on any atom is -0.489 e. The highest BCUT2D eigenvalue weighted by molar-refractivity contribution is 7.91. The van der Waals surface area contributed by atoms with Crippen LogP contribution < -0.4 is 19.7 Å². The molecule has 45 heavy (non-hydrogen) atoms. The number of rotatable bonds is 14. The van der Waals surface area contributed by atoms with E-state index >= 15 is 0 Å². The molecule has 3 aromatic rings. The molecule has 9 nitrogen and oxygen atoms in total. The summed E-state index contributed by atoms with van der Waals surface area (Å²) in [7, 11) is -3.40. The molecule has 0 unspecified atom stereocenters. The number of alkyl halides is 4. The highest BCUT2D eigenvalue weighted by Gasteiger charge is 2.34. The number of carbonyl (C=O) groups is 1. The molecule has 240 valence electrons. The van der Waals surface area contributed by atoms with Gasteiger partial charge in [-0.1, -0.05) is 19.1 Å². The maximum absolute atomic E-state index is 13.1. The molecular formula is C31H31F4N3O6S. The first-order chi connectivity index (χ1) is 21.5. The van der Waals surface area contributed by atoms with E-state index in [0.29, 0.717) is 30.0 Å². The Labute approximate surface area is 258 Å². The molecule has 4 rings (SSSR count). The number of amides is 1. The second kappa shape index (κ2) is 15.1. The monoisotopic (exact) mass is 649 g/mol. The number of ether oxygens (including phenoxy) is 3. The minimum absolute atomic E-state index is 0.0305. The second-order valence-corrected chi connectivity index (χ2v) is 12.4. The van der Waals surface area contributed by atoms with Crippen molar-refractivity contribution in [1.82, 2.24) is 5.32 Å². The lowest BCUT2D eigenvalue weighted by molar-refractivity contribution is -0.131. The molecule has 1 heterocycles. The molecule has 1 aliphatic rings. The zero-order chi connectivity index (χ0) is 32.6. The van der Waals surface area contributed by atoms with E-state index in [2.05, 4.69) is 14.8 Å². The van der Waals surface area contributed by atoms with Crippen molar-refractivity contribution >= 4 is 21.4 Å². The fraction of sp³-hybridized carbons (Fsp3) is 0.355. The number of nitriles is 1. The van der Waals surface area contributed by atoms with E-state index in [-0.39, 0.29) is 35.0 Å². The zero-order valence-corrected chi connectivity index (χ0v) is 24.9. The lowest BCUT2D eigenvalue weighted by atomic mass is 10.0. The number of halogens is 4. The summed E-state index contributed by atoms with van der Waals surface area (Å²) in [4.78, 5) is 15.1. The topological polar surface area (TPSA) is 118 Å². The van der Waals surface area contributed by atoms with Crippen LogP contribution in [0.15, 0.2) is 77.7 Å². The first-order valence-corrected chi connectivity index (χ1v) is 15.6. The fourth-order valence-corrected chi connectivity index (χ4v) is 5.86. The largest absolute Gasteiger partial charge is 0.489 e. The van der Waals surface area contributed by atoms with Crippen molar-refractivity contribution < 1.29 is 45.0 Å². The first kappa shape index (κ1) is 33.5. The van der Waals surface area contributed by atoms with Gasteiger partial charge in [-0.2, -0.15) is 22.8 Å². The quantitative estimate of drug-likeness (QED) is 0.220. The molecule has 0 saturated carbocycles. The molecule has 0 aliphatic carbocycles. The molecule has 0 aromatic heterocycles. The van der Waals surface area contributed by atoms with E-state index < -0.39 is 47.2 Å². The molecule has 14 heteroatoms. The van der Waals surface area contributed by atoms with Gasteiger partial charge in [0.25, 0.3) is 5.91 Å². The van der Waals surface area contributed by atoms with Gasteiger partial charge in [0.2, 0.25) is 0 Å². The molecule has 1 fully saturated rings. The summed E-state index contributed by atoms with van der Waals surface area (Å²) in [5.41, 5.74) is 1.48. The summed E-state index contributed by atoms with van der Waals surface area (Å²) < 4.78 is 89.8. The molecule has 3 aromatic carbocycles. The van der Waals surface area contributed by atoms with Crippen molar-refractivity contribution in [2.75, 3.05) is 23.8 Å². The van der Waals surface area contributed by atoms with Gasteiger partial charge in [0.15, 0.2) is 9.84 Å². The molecule has 0 radical (unpaired) electrons.